The van der Waals surface area contributed by atoms with E-state index in [1.54, 1.807) is 0 Å². The summed E-state index contributed by atoms with van der Waals surface area (Å²) in [5, 5.41) is 7.08. The lowest BCUT2D eigenvalue weighted by Gasteiger charge is -2.20. The SMILES string of the molecule is C1=Cc2c(c(-n3c4ccccc4c4ccc5c6cccc(-c7cc(-c8ccccc8)nc(-c8ccccc8)n7)c6oc5c43)cc3ccccc23)CC1. The maximum atomic E-state index is 7.17. The van der Waals surface area contributed by atoms with E-state index in [1.165, 1.54) is 43.9 Å². The maximum absolute atomic E-state index is 7.17. The van der Waals surface area contributed by atoms with E-state index in [4.69, 9.17) is 14.4 Å². The Labute approximate surface area is 299 Å². The van der Waals surface area contributed by atoms with Gasteiger partial charge in [-0.15, -0.1) is 0 Å². The van der Waals surface area contributed by atoms with Crippen LogP contribution < -0.4 is 0 Å². The summed E-state index contributed by atoms with van der Waals surface area (Å²) in [5.74, 6) is 0.683. The van der Waals surface area contributed by atoms with E-state index in [0.29, 0.717) is 5.82 Å². The Balaban J connectivity index is 1.22. The van der Waals surface area contributed by atoms with Crippen LogP contribution >= 0.6 is 0 Å². The van der Waals surface area contributed by atoms with Gasteiger partial charge in [-0.2, -0.15) is 0 Å². The van der Waals surface area contributed by atoms with Crippen molar-refractivity contribution in [2.75, 3.05) is 0 Å². The van der Waals surface area contributed by atoms with E-state index in [9.17, 15) is 0 Å². The van der Waals surface area contributed by atoms with E-state index in [-0.39, 0.29) is 0 Å². The molecule has 7 aromatic carbocycles. The van der Waals surface area contributed by atoms with Gasteiger partial charge < -0.3 is 8.98 Å². The first-order valence-corrected chi connectivity index (χ1v) is 17.9. The fourth-order valence-corrected chi connectivity index (χ4v) is 8.30. The average Bonchev–Trinajstić information content (AvgIpc) is 3.77. The summed E-state index contributed by atoms with van der Waals surface area (Å²) in [6.45, 7) is 0. The quantitative estimate of drug-likeness (QED) is 0.188. The molecule has 3 aromatic heterocycles. The van der Waals surface area contributed by atoms with Gasteiger partial charge in [-0.05, 0) is 65.1 Å². The van der Waals surface area contributed by atoms with Crippen LogP contribution in [0.3, 0.4) is 0 Å². The van der Waals surface area contributed by atoms with Gasteiger partial charge in [-0.1, -0.05) is 133 Å². The molecule has 10 aromatic rings. The third-order valence-corrected chi connectivity index (χ3v) is 10.7. The summed E-state index contributed by atoms with van der Waals surface area (Å²) in [6.07, 6.45) is 6.63. The summed E-state index contributed by atoms with van der Waals surface area (Å²) >= 11 is 0. The first-order chi connectivity index (χ1) is 25.8. The number of furan rings is 1. The number of para-hydroxylation sites is 2. The van der Waals surface area contributed by atoms with E-state index in [2.05, 4.69) is 132 Å². The van der Waals surface area contributed by atoms with Crippen LogP contribution in [-0.2, 0) is 6.42 Å². The fourth-order valence-electron chi connectivity index (χ4n) is 8.30. The highest BCUT2D eigenvalue weighted by Crippen LogP contribution is 2.44. The Morgan fingerprint density at radius 2 is 1.23 bits per heavy atom. The van der Waals surface area contributed by atoms with Gasteiger partial charge in [-0.3, -0.25) is 0 Å². The number of hydrogen-bond acceptors (Lipinski definition) is 3. The second-order valence-electron chi connectivity index (χ2n) is 13.6. The van der Waals surface area contributed by atoms with Crippen molar-refractivity contribution >= 4 is 60.6 Å². The van der Waals surface area contributed by atoms with Crippen molar-refractivity contribution < 1.29 is 4.42 Å². The van der Waals surface area contributed by atoms with Crippen LogP contribution in [0.2, 0.25) is 0 Å². The summed E-state index contributed by atoms with van der Waals surface area (Å²) in [4.78, 5) is 10.2. The average molecular weight is 666 g/mol. The Morgan fingerprint density at radius 3 is 2.10 bits per heavy atom. The normalized spacial score (nSPS) is 12.8. The van der Waals surface area contributed by atoms with Crippen LogP contribution in [0.15, 0.2) is 162 Å². The van der Waals surface area contributed by atoms with Crippen molar-refractivity contribution in [2.24, 2.45) is 0 Å². The molecule has 0 saturated heterocycles. The second kappa shape index (κ2) is 11.4. The molecule has 3 heterocycles. The molecule has 0 spiro atoms. The van der Waals surface area contributed by atoms with Crippen molar-refractivity contribution in [3.05, 3.63) is 169 Å². The first-order valence-electron chi connectivity index (χ1n) is 17.9. The molecular weight excluding hydrogens is 635 g/mol. The molecule has 0 atom stereocenters. The molecule has 4 heteroatoms. The second-order valence-corrected chi connectivity index (χ2v) is 13.6. The number of rotatable bonds is 4. The third-order valence-electron chi connectivity index (χ3n) is 10.7. The molecule has 0 fully saturated rings. The zero-order chi connectivity index (χ0) is 34.2. The van der Waals surface area contributed by atoms with E-state index >= 15 is 0 Å². The molecule has 4 nitrogen and oxygen atoms in total. The Bertz CT molecular complexity index is 3000. The highest BCUT2D eigenvalue weighted by Gasteiger charge is 2.24. The van der Waals surface area contributed by atoms with Gasteiger partial charge in [0.2, 0.25) is 0 Å². The molecule has 244 valence electrons. The minimum atomic E-state index is 0.683. The molecule has 0 amide bonds. The van der Waals surface area contributed by atoms with Gasteiger partial charge in [0.05, 0.1) is 28.1 Å². The monoisotopic (exact) mass is 665 g/mol. The number of allylic oxidation sites excluding steroid dienone is 1. The Hall–Kier alpha value is -6.78. The van der Waals surface area contributed by atoms with Gasteiger partial charge in [-0.25, -0.2) is 9.97 Å². The van der Waals surface area contributed by atoms with Gasteiger partial charge >= 0.3 is 0 Å². The number of benzene rings is 7. The van der Waals surface area contributed by atoms with E-state index in [1.807, 2.05) is 36.4 Å². The van der Waals surface area contributed by atoms with E-state index in [0.717, 1.165) is 68.4 Å². The molecule has 0 aliphatic heterocycles. The van der Waals surface area contributed by atoms with Gasteiger partial charge in [0, 0.05) is 38.2 Å². The summed E-state index contributed by atoms with van der Waals surface area (Å²) in [7, 11) is 0. The Kier molecular flexibility index (Phi) is 6.34. The highest BCUT2D eigenvalue weighted by atomic mass is 16.3. The third kappa shape index (κ3) is 4.34. The molecule has 52 heavy (non-hydrogen) atoms. The molecule has 11 rings (SSSR count). The van der Waals surface area contributed by atoms with Crippen LogP contribution in [0.4, 0.5) is 0 Å². The first kappa shape index (κ1) is 29.0. The van der Waals surface area contributed by atoms with Crippen LogP contribution in [0, 0.1) is 0 Å². The number of aromatic nitrogens is 3. The predicted molar refractivity (Wildman–Crippen MR) is 215 cm³/mol. The number of fused-ring (bicyclic) bond motifs is 10. The smallest absolute Gasteiger partial charge is 0.160 e. The number of hydrogen-bond donors (Lipinski definition) is 0. The maximum Gasteiger partial charge on any atom is 0.160 e. The molecule has 0 bridgehead atoms. The van der Waals surface area contributed by atoms with Crippen molar-refractivity contribution in [3.8, 4) is 39.6 Å². The van der Waals surface area contributed by atoms with Crippen molar-refractivity contribution in [1.82, 2.24) is 14.5 Å². The molecule has 0 N–H and O–H groups in total. The van der Waals surface area contributed by atoms with Crippen molar-refractivity contribution in [2.45, 2.75) is 12.8 Å². The highest BCUT2D eigenvalue weighted by molar-refractivity contribution is 6.22. The zero-order valence-corrected chi connectivity index (χ0v) is 28.3. The van der Waals surface area contributed by atoms with Crippen LogP contribution in [0.5, 0.6) is 0 Å². The van der Waals surface area contributed by atoms with Crippen LogP contribution in [0.1, 0.15) is 17.5 Å². The molecule has 1 aliphatic carbocycles. The van der Waals surface area contributed by atoms with Gasteiger partial charge in [0.15, 0.2) is 11.4 Å². The molecule has 0 saturated carbocycles. The largest absolute Gasteiger partial charge is 0.453 e. The fraction of sp³-hybridized carbons (Fsp3) is 0.0417. The molecule has 1 aliphatic rings. The predicted octanol–water partition coefficient (Wildman–Crippen LogP) is 12.6. The van der Waals surface area contributed by atoms with Crippen LogP contribution in [-0.4, -0.2) is 14.5 Å². The standard InChI is InChI=1S/C48H31N3O/c1-3-14-30(15-4-1)41-29-42(50-48(49-41)31-16-5-2-6-17-31)40-24-13-23-38-39-27-26-37-36-22-11-12-25-43(36)51(45(37)47(39)52-46(38)40)44-28-32-18-7-8-19-33(32)34-20-9-10-21-35(34)44/h1-9,11-20,22-29H,10,21H2. The lowest BCUT2D eigenvalue weighted by molar-refractivity contribution is 0.672. The lowest BCUT2D eigenvalue weighted by atomic mass is 9.90. The topological polar surface area (TPSA) is 43.9 Å². The summed E-state index contributed by atoms with van der Waals surface area (Å²) in [5.41, 5.74) is 12.5. The summed E-state index contributed by atoms with van der Waals surface area (Å²) < 4.78 is 9.63. The number of nitrogens with zero attached hydrogens (tertiary/aromatic N) is 3. The minimum absolute atomic E-state index is 0.683. The van der Waals surface area contributed by atoms with Gasteiger partial charge in [0.25, 0.3) is 0 Å². The van der Waals surface area contributed by atoms with Gasteiger partial charge in [0.1, 0.15) is 5.58 Å². The van der Waals surface area contributed by atoms with Crippen molar-refractivity contribution in [1.29, 1.82) is 0 Å². The van der Waals surface area contributed by atoms with Crippen LogP contribution in [0.25, 0.3) is 100 Å². The summed E-state index contributed by atoms with van der Waals surface area (Å²) in [6, 6.07) is 53.4. The van der Waals surface area contributed by atoms with E-state index < -0.39 is 0 Å². The minimum Gasteiger partial charge on any atom is -0.453 e. The molecular formula is C48H31N3O. The molecule has 0 radical (unpaired) electrons. The zero-order valence-electron chi connectivity index (χ0n) is 28.3. The lowest BCUT2D eigenvalue weighted by Crippen LogP contribution is -2.05. The Morgan fingerprint density at radius 1 is 0.538 bits per heavy atom. The van der Waals surface area contributed by atoms with Crippen molar-refractivity contribution in [3.63, 3.8) is 0 Å². The molecule has 0 unspecified atom stereocenters.